The molecule has 2 aliphatic carbocycles. The Kier molecular flexibility index (Phi) is 1.94. The second-order valence-corrected chi connectivity index (χ2v) is 5.90. The standard InChI is InChI=1S/C12H21NO/c1-13(2)8-9-7-12(5-6-12)4-3-10-11(9)14-10/h9-11H,3-8H2,1-2H3. The van der Waals surface area contributed by atoms with Crippen LogP contribution in [-0.2, 0) is 4.74 Å². The molecule has 3 rings (SSSR count). The summed E-state index contributed by atoms with van der Waals surface area (Å²) in [5.74, 6) is 0.819. The lowest BCUT2D eigenvalue weighted by molar-refractivity contribution is 0.201. The molecule has 0 aromatic heterocycles. The number of hydrogen-bond acceptors (Lipinski definition) is 2. The molecule has 1 heterocycles. The molecule has 14 heavy (non-hydrogen) atoms. The van der Waals surface area contributed by atoms with Gasteiger partial charge in [-0.15, -0.1) is 0 Å². The maximum atomic E-state index is 5.77. The van der Waals surface area contributed by atoms with Crippen molar-refractivity contribution in [1.29, 1.82) is 0 Å². The summed E-state index contributed by atoms with van der Waals surface area (Å²) in [5.41, 5.74) is 0.775. The second-order valence-electron chi connectivity index (χ2n) is 5.90. The van der Waals surface area contributed by atoms with Crippen molar-refractivity contribution in [2.24, 2.45) is 11.3 Å². The third-order valence-corrected chi connectivity index (χ3v) is 4.30. The fraction of sp³-hybridized carbons (Fsp3) is 1.00. The molecule has 0 aromatic rings. The van der Waals surface area contributed by atoms with Crippen molar-refractivity contribution in [2.45, 2.75) is 44.3 Å². The van der Waals surface area contributed by atoms with E-state index >= 15 is 0 Å². The van der Waals surface area contributed by atoms with E-state index in [0.29, 0.717) is 12.2 Å². The summed E-state index contributed by atoms with van der Waals surface area (Å²) < 4.78 is 5.77. The first-order valence-electron chi connectivity index (χ1n) is 5.99. The van der Waals surface area contributed by atoms with Crippen molar-refractivity contribution in [3.63, 3.8) is 0 Å². The molecule has 3 unspecified atom stereocenters. The fourth-order valence-electron chi connectivity index (χ4n) is 3.29. The first-order chi connectivity index (χ1) is 6.69. The minimum atomic E-state index is 0.623. The molecule has 0 amide bonds. The summed E-state index contributed by atoms with van der Waals surface area (Å²) in [4.78, 5) is 2.32. The highest BCUT2D eigenvalue weighted by Gasteiger charge is 2.55. The molecule has 1 spiro atoms. The number of hydrogen-bond donors (Lipinski definition) is 0. The van der Waals surface area contributed by atoms with E-state index in [9.17, 15) is 0 Å². The van der Waals surface area contributed by atoms with Gasteiger partial charge in [0.25, 0.3) is 0 Å². The van der Waals surface area contributed by atoms with E-state index in [1.165, 1.54) is 38.6 Å². The Balaban J connectivity index is 1.68. The third-order valence-electron chi connectivity index (χ3n) is 4.30. The third kappa shape index (κ3) is 1.59. The predicted octanol–water partition coefficient (Wildman–Crippen LogP) is 1.90. The Bertz CT molecular complexity index is 234. The summed E-state index contributed by atoms with van der Waals surface area (Å²) in [5, 5.41) is 0. The lowest BCUT2D eigenvalue weighted by Crippen LogP contribution is -2.27. The van der Waals surface area contributed by atoms with Crippen LogP contribution in [0.3, 0.4) is 0 Å². The topological polar surface area (TPSA) is 15.8 Å². The molecule has 2 nitrogen and oxygen atoms in total. The van der Waals surface area contributed by atoms with Gasteiger partial charge in [0.15, 0.2) is 0 Å². The van der Waals surface area contributed by atoms with Gasteiger partial charge in [-0.05, 0) is 51.6 Å². The first-order valence-corrected chi connectivity index (χ1v) is 5.99. The second kappa shape index (κ2) is 2.96. The van der Waals surface area contributed by atoms with Crippen LogP contribution in [0, 0.1) is 11.3 Å². The van der Waals surface area contributed by atoms with Crippen molar-refractivity contribution < 1.29 is 4.74 Å². The largest absolute Gasteiger partial charge is 0.369 e. The lowest BCUT2D eigenvalue weighted by atomic mass is 9.90. The molecule has 3 fully saturated rings. The van der Waals surface area contributed by atoms with Gasteiger partial charge in [-0.2, -0.15) is 0 Å². The molecular formula is C12H21NO. The van der Waals surface area contributed by atoms with Crippen LogP contribution in [0.2, 0.25) is 0 Å². The molecule has 1 aliphatic heterocycles. The average molecular weight is 195 g/mol. The van der Waals surface area contributed by atoms with Gasteiger partial charge in [0.05, 0.1) is 12.2 Å². The molecule has 80 valence electrons. The maximum absolute atomic E-state index is 5.77. The monoisotopic (exact) mass is 195 g/mol. The molecule has 0 radical (unpaired) electrons. The van der Waals surface area contributed by atoms with Gasteiger partial charge in [-0.1, -0.05) is 0 Å². The van der Waals surface area contributed by atoms with E-state index in [-0.39, 0.29) is 0 Å². The quantitative estimate of drug-likeness (QED) is 0.625. The van der Waals surface area contributed by atoms with E-state index in [0.717, 1.165) is 11.3 Å². The van der Waals surface area contributed by atoms with Crippen LogP contribution in [-0.4, -0.2) is 37.7 Å². The van der Waals surface area contributed by atoms with E-state index in [1.54, 1.807) is 0 Å². The van der Waals surface area contributed by atoms with E-state index in [4.69, 9.17) is 4.74 Å². The summed E-state index contributed by atoms with van der Waals surface area (Å²) in [6, 6.07) is 0. The summed E-state index contributed by atoms with van der Waals surface area (Å²) in [6.45, 7) is 1.23. The van der Waals surface area contributed by atoms with Gasteiger partial charge >= 0.3 is 0 Å². The van der Waals surface area contributed by atoms with Crippen molar-refractivity contribution in [2.75, 3.05) is 20.6 Å². The molecule has 2 saturated carbocycles. The first kappa shape index (κ1) is 9.17. The summed E-state index contributed by atoms with van der Waals surface area (Å²) in [7, 11) is 4.36. The number of ether oxygens (including phenoxy) is 1. The zero-order chi connectivity index (χ0) is 9.76. The minimum Gasteiger partial charge on any atom is -0.369 e. The number of fused-ring (bicyclic) bond motifs is 1. The van der Waals surface area contributed by atoms with Gasteiger partial charge in [-0.25, -0.2) is 0 Å². The van der Waals surface area contributed by atoms with E-state index in [2.05, 4.69) is 19.0 Å². The summed E-state index contributed by atoms with van der Waals surface area (Å²) in [6.07, 6.45) is 8.48. The van der Waals surface area contributed by atoms with Crippen LogP contribution >= 0.6 is 0 Å². The Labute approximate surface area is 86.6 Å². The molecule has 0 bridgehead atoms. The van der Waals surface area contributed by atoms with Crippen molar-refractivity contribution in [1.82, 2.24) is 4.90 Å². The Morgan fingerprint density at radius 1 is 1.29 bits per heavy atom. The normalized spacial score (nSPS) is 43.5. The molecular weight excluding hydrogens is 174 g/mol. The Morgan fingerprint density at radius 3 is 2.71 bits per heavy atom. The van der Waals surface area contributed by atoms with Crippen LogP contribution < -0.4 is 0 Å². The van der Waals surface area contributed by atoms with Crippen molar-refractivity contribution >= 4 is 0 Å². The summed E-state index contributed by atoms with van der Waals surface area (Å²) >= 11 is 0. The van der Waals surface area contributed by atoms with E-state index < -0.39 is 0 Å². The predicted molar refractivity (Wildman–Crippen MR) is 56.2 cm³/mol. The molecule has 0 N–H and O–H groups in total. The fourth-order valence-corrected chi connectivity index (χ4v) is 3.29. The minimum absolute atomic E-state index is 0.623. The van der Waals surface area contributed by atoms with Gasteiger partial charge < -0.3 is 9.64 Å². The highest BCUT2D eigenvalue weighted by molar-refractivity contribution is 5.04. The Morgan fingerprint density at radius 2 is 2.07 bits per heavy atom. The van der Waals surface area contributed by atoms with Crippen LogP contribution in [0.25, 0.3) is 0 Å². The van der Waals surface area contributed by atoms with Gasteiger partial charge in [0.1, 0.15) is 0 Å². The molecule has 1 saturated heterocycles. The average Bonchev–Trinajstić information content (AvgIpc) is 2.96. The highest BCUT2D eigenvalue weighted by atomic mass is 16.6. The molecule has 2 heteroatoms. The number of nitrogens with zero attached hydrogens (tertiary/aromatic N) is 1. The van der Waals surface area contributed by atoms with Crippen molar-refractivity contribution in [3.05, 3.63) is 0 Å². The van der Waals surface area contributed by atoms with Crippen LogP contribution in [0.15, 0.2) is 0 Å². The molecule has 3 atom stereocenters. The zero-order valence-corrected chi connectivity index (χ0v) is 9.33. The van der Waals surface area contributed by atoms with Crippen LogP contribution in [0.5, 0.6) is 0 Å². The lowest BCUT2D eigenvalue weighted by Gasteiger charge is -2.22. The SMILES string of the molecule is CN(C)CC1CC2(CCC3OC13)CC2. The van der Waals surface area contributed by atoms with Gasteiger partial charge in [0, 0.05) is 12.5 Å². The van der Waals surface area contributed by atoms with Crippen LogP contribution in [0.1, 0.15) is 32.1 Å². The zero-order valence-electron chi connectivity index (χ0n) is 9.33. The highest BCUT2D eigenvalue weighted by Crippen LogP contribution is 2.59. The molecule has 0 aromatic carbocycles. The van der Waals surface area contributed by atoms with Gasteiger partial charge in [0.2, 0.25) is 0 Å². The Hall–Kier alpha value is -0.0800. The van der Waals surface area contributed by atoms with E-state index in [1.807, 2.05) is 0 Å². The number of epoxide rings is 1. The van der Waals surface area contributed by atoms with Crippen LogP contribution in [0.4, 0.5) is 0 Å². The maximum Gasteiger partial charge on any atom is 0.0882 e. The van der Waals surface area contributed by atoms with Crippen molar-refractivity contribution in [3.8, 4) is 0 Å². The number of rotatable bonds is 2. The molecule has 3 aliphatic rings. The smallest absolute Gasteiger partial charge is 0.0882 e. The van der Waals surface area contributed by atoms with Gasteiger partial charge in [-0.3, -0.25) is 0 Å².